The van der Waals surface area contributed by atoms with Crippen LogP contribution in [0.1, 0.15) is 61.6 Å². The molecule has 0 fully saturated rings. The van der Waals surface area contributed by atoms with Crippen LogP contribution in [-0.2, 0) is 19.9 Å². The maximum atomic E-state index is 2.40. The lowest BCUT2D eigenvalue weighted by molar-refractivity contribution is -0.665. The van der Waals surface area contributed by atoms with Gasteiger partial charge in [-0.05, 0) is 65.5 Å². The summed E-state index contributed by atoms with van der Waals surface area (Å²) in [6, 6.07) is 14.1. The van der Waals surface area contributed by atoms with Crippen molar-refractivity contribution in [1.29, 1.82) is 0 Å². The monoisotopic (exact) mass is 346 g/mol. The molecule has 0 radical (unpaired) electrons. The summed E-state index contributed by atoms with van der Waals surface area (Å²) in [5, 5.41) is 2.70. The topological polar surface area (TPSA) is 3.88 Å². The van der Waals surface area contributed by atoms with Crippen LogP contribution in [0.5, 0.6) is 0 Å². The Labute approximate surface area is 158 Å². The van der Waals surface area contributed by atoms with E-state index in [-0.39, 0.29) is 0 Å². The second kappa shape index (κ2) is 7.23. The van der Waals surface area contributed by atoms with Gasteiger partial charge < -0.3 is 0 Å². The maximum absolute atomic E-state index is 2.40. The molecule has 0 saturated heterocycles. The Hall–Kier alpha value is -2.15. The number of nitrogens with zero attached hydrogens (tertiary/aromatic N) is 1. The summed E-state index contributed by atoms with van der Waals surface area (Å²) in [4.78, 5) is 0. The van der Waals surface area contributed by atoms with Gasteiger partial charge in [-0.25, -0.2) is 0 Å². The zero-order valence-corrected chi connectivity index (χ0v) is 17.4. The van der Waals surface area contributed by atoms with Crippen molar-refractivity contribution in [1.82, 2.24) is 0 Å². The number of benzene rings is 2. The minimum absolute atomic E-state index is 0.550. The normalized spacial score (nSPS) is 11.5. The Kier molecular flexibility index (Phi) is 5.18. The molecule has 0 unspecified atom stereocenters. The van der Waals surface area contributed by atoms with E-state index in [0.29, 0.717) is 5.92 Å². The Morgan fingerprint density at radius 2 is 1.65 bits per heavy atom. The third-order valence-corrected chi connectivity index (χ3v) is 5.85. The van der Waals surface area contributed by atoms with Crippen LogP contribution in [0.25, 0.3) is 22.0 Å². The molecule has 3 rings (SSSR count). The number of hydrogen-bond donors (Lipinski definition) is 0. The van der Waals surface area contributed by atoms with Gasteiger partial charge in [-0.15, -0.1) is 0 Å². The van der Waals surface area contributed by atoms with Crippen molar-refractivity contribution in [2.24, 2.45) is 7.05 Å². The van der Waals surface area contributed by atoms with E-state index in [1.807, 2.05) is 0 Å². The molecular weight excluding hydrogens is 314 g/mol. The van der Waals surface area contributed by atoms with E-state index in [1.165, 1.54) is 50.0 Å². The minimum atomic E-state index is 0.550. The summed E-state index contributed by atoms with van der Waals surface area (Å²) in [6.07, 6.45) is 2.16. The van der Waals surface area contributed by atoms with E-state index in [4.69, 9.17) is 0 Å². The molecule has 0 N–H and O–H groups in total. The number of aryl methyl sites for hydroxylation is 3. The molecule has 0 saturated carbocycles. The van der Waals surface area contributed by atoms with E-state index in [2.05, 4.69) is 89.6 Å². The van der Waals surface area contributed by atoms with Crippen LogP contribution in [0.15, 0.2) is 36.4 Å². The standard InChI is InChI=1S/C25H32N/c1-8-19-13-20(9-2)18(6)24(14-19)25-23-11-10-21(16(3)4)15-22(23)12-17(5)26(25)7/h10-16H,8-9H2,1-7H3/q+1. The molecule has 0 atom stereocenters. The van der Waals surface area contributed by atoms with Gasteiger partial charge in [-0.2, -0.15) is 4.57 Å². The minimum Gasteiger partial charge on any atom is -0.198 e. The van der Waals surface area contributed by atoms with Crippen molar-refractivity contribution in [2.45, 2.75) is 60.3 Å². The van der Waals surface area contributed by atoms with E-state index in [1.54, 1.807) is 0 Å². The predicted octanol–water partition coefficient (Wildman–Crippen LogP) is 6.20. The molecule has 0 aliphatic rings. The van der Waals surface area contributed by atoms with Crippen LogP contribution in [0.4, 0.5) is 0 Å². The predicted molar refractivity (Wildman–Crippen MR) is 113 cm³/mol. The maximum Gasteiger partial charge on any atom is 0.220 e. The largest absolute Gasteiger partial charge is 0.220 e. The van der Waals surface area contributed by atoms with E-state index in [9.17, 15) is 0 Å². The van der Waals surface area contributed by atoms with Crippen LogP contribution >= 0.6 is 0 Å². The summed E-state index contributed by atoms with van der Waals surface area (Å²) in [6.45, 7) is 13.5. The lowest BCUT2D eigenvalue weighted by Crippen LogP contribution is -2.35. The van der Waals surface area contributed by atoms with Gasteiger partial charge in [0.15, 0.2) is 5.69 Å². The molecule has 1 aromatic heterocycles. The molecule has 2 aromatic carbocycles. The molecule has 0 amide bonds. The molecule has 1 nitrogen and oxygen atoms in total. The molecule has 26 heavy (non-hydrogen) atoms. The van der Waals surface area contributed by atoms with Gasteiger partial charge in [0, 0.05) is 13.0 Å². The van der Waals surface area contributed by atoms with Crippen molar-refractivity contribution >= 4 is 10.8 Å². The average molecular weight is 347 g/mol. The first-order valence-corrected chi connectivity index (χ1v) is 9.93. The van der Waals surface area contributed by atoms with Gasteiger partial charge in [0.25, 0.3) is 0 Å². The third kappa shape index (κ3) is 3.16. The first-order valence-electron chi connectivity index (χ1n) is 9.93. The highest BCUT2D eigenvalue weighted by molar-refractivity contribution is 5.94. The molecule has 1 heteroatoms. The fraction of sp³-hybridized carbons (Fsp3) is 0.400. The lowest BCUT2D eigenvalue weighted by Gasteiger charge is -2.15. The first-order chi connectivity index (χ1) is 12.4. The first kappa shape index (κ1) is 18.6. The summed E-state index contributed by atoms with van der Waals surface area (Å²) in [7, 11) is 2.20. The zero-order chi connectivity index (χ0) is 19.0. The van der Waals surface area contributed by atoms with Gasteiger partial charge >= 0.3 is 0 Å². The fourth-order valence-corrected chi connectivity index (χ4v) is 3.94. The molecule has 0 aliphatic heterocycles. The Bertz CT molecular complexity index is 964. The summed E-state index contributed by atoms with van der Waals surface area (Å²) in [5.41, 5.74) is 9.74. The molecule has 1 heterocycles. The smallest absolute Gasteiger partial charge is 0.198 e. The van der Waals surface area contributed by atoms with Crippen molar-refractivity contribution < 1.29 is 4.57 Å². The van der Waals surface area contributed by atoms with Crippen molar-refractivity contribution in [3.63, 3.8) is 0 Å². The van der Waals surface area contributed by atoms with Crippen molar-refractivity contribution in [2.75, 3.05) is 0 Å². The number of hydrogen-bond acceptors (Lipinski definition) is 0. The van der Waals surface area contributed by atoms with Crippen LogP contribution < -0.4 is 4.57 Å². The van der Waals surface area contributed by atoms with Gasteiger partial charge in [0.05, 0.1) is 10.9 Å². The van der Waals surface area contributed by atoms with Gasteiger partial charge in [-0.1, -0.05) is 45.9 Å². The molecule has 0 aliphatic carbocycles. The molecular formula is C25H32N+. The van der Waals surface area contributed by atoms with Crippen LogP contribution in [0, 0.1) is 13.8 Å². The third-order valence-electron chi connectivity index (χ3n) is 5.85. The highest BCUT2D eigenvalue weighted by Gasteiger charge is 2.21. The summed E-state index contributed by atoms with van der Waals surface area (Å²) < 4.78 is 2.36. The van der Waals surface area contributed by atoms with Gasteiger partial charge in [-0.3, -0.25) is 0 Å². The second-order valence-corrected chi connectivity index (χ2v) is 7.83. The fourth-order valence-electron chi connectivity index (χ4n) is 3.94. The van der Waals surface area contributed by atoms with Gasteiger partial charge in [0.1, 0.15) is 7.05 Å². The quantitative estimate of drug-likeness (QED) is 0.495. The zero-order valence-electron chi connectivity index (χ0n) is 17.4. The van der Waals surface area contributed by atoms with Crippen LogP contribution in [0.2, 0.25) is 0 Å². The van der Waals surface area contributed by atoms with Crippen LogP contribution in [0.3, 0.4) is 0 Å². The SMILES string of the molecule is CCc1cc(CC)c(C)c(-c2c3ccc(C(C)C)cc3cc(C)[n+]2C)c1. The average Bonchev–Trinajstić information content (AvgIpc) is 2.63. The molecule has 0 bridgehead atoms. The number of aromatic nitrogens is 1. The highest BCUT2D eigenvalue weighted by Crippen LogP contribution is 2.33. The number of rotatable bonds is 4. The Balaban J connectivity index is 2.40. The van der Waals surface area contributed by atoms with E-state index in [0.717, 1.165) is 12.8 Å². The lowest BCUT2D eigenvalue weighted by atomic mass is 9.91. The van der Waals surface area contributed by atoms with Crippen molar-refractivity contribution in [3.8, 4) is 11.3 Å². The van der Waals surface area contributed by atoms with E-state index >= 15 is 0 Å². The molecule has 136 valence electrons. The molecule has 0 spiro atoms. The Morgan fingerprint density at radius 1 is 0.923 bits per heavy atom. The number of pyridine rings is 1. The highest BCUT2D eigenvalue weighted by atomic mass is 14.9. The van der Waals surface area contributed by atoms with Crippen LogP contribution in [-0.4, -0.2) is 0 Å². The van der Waals surface area contributed by atoms with E-state index < -0.39 is 0 Å². The molecule has 3 aromatic rings. The summed E-state index contributed by atoms with van der Waals surface area (Å²) in [5.74, 6) is 0.550. The second-order valence-electron chi connectivity index (χ2n) is 7.83. The van der Waals surface area contributed by atoms with Crippen molar-refractivity contribution in [3.05, 3.63) is 64.3 Å². The summed E-state index contributed by atoms with van der Waals surface area (Å²) >= 11 is 0. The Morgan fingerprint density at radius 3 is 2.27 bits per heavy atom. The number of fused-ring (bicyclic) bond motifs is 1. The van der Waals surface area contributed by atoms with Gasteiger partial charge in [0.2, 0.25) is 5.69 Å².